The lowest BCUT2D eigenvalue weighted by Crippen LogP contribution is -2.35. The maximum atomic E-state index is 12.3. The van der Waals surface area contributed by atoms with Gasteiger partial charge in [0.15, 0.2) is 0 Å². The van der Waals surface area contributed by atoms with Crippen LogP contribution in [0.5, 0.6) is 0 Å². The Balaban J connectivity index is 2.06. The van der Waals surface area contributed by atoms with Gasteiger partial charge in [-0.2, -0.15) is 5.10 Å². The summed E-state index contributed by atoms with van der Waals surface area (Å²) in [6.45, 7) is 3.96. The molecule has 1 atom stereocenters. The molecule has 6 heteroatoms. The molecule has 0 aliphatic heterocycles. The number of carbonyl (C=O) groups is 1. The van der Waals surface area contributed by atoms with Gasteiger partial charge < -0.3 is 11.1 Å². The van der Waals surface area contributed by atoms with Crippen LogP contribution in [0.1, 0.15) is 34.9 Å². The number of hydrogen-bond donors (Lipinski definition) is 2. The lowest BCUT2D eigenvalue weighted by atomic mass is 10.2. The van der Waals surface area contributed by atoms with Crippen LogP contribution >= 0.6 is 11.3 Å². The number of aromatic nitrogens is 2. The first-order valence-electron chi connectivity index (χ1n) is 6.67. The largest absolute Gasteiger partial charge is 0.395 e. The minimum atomic E-state index is -0.166. The van der Waals surface area contributed by atoms with E-state index in [-0.39, 0.29) is 11.9 Å². The van der Waals surface area contributed by atoms with E-state index >= 15 is 0 Å². The summed E-state index contributed by atoms with van der Waals surface area (Å²) in [6, 6.07) is 4.14. The van der Waals surface area contributed by atoms with Crippen molar-refractivity contribution in [2.75, 3.05) is 5.73 Å². The van der Waals surface area contributed by atoms with Crippen LogP contribution in [0.25, 0.3) is 0 Å². The molecule has 2 aromatic rings. The van der Waals surface area contributed by atoms with Gasteiger partial charge >= 0.3 is 0 Å². The van der Waals surface area contributed by atoms with Crippen molar-refractivity contribution in [1.82, 2.24) is 15.1 Å². The molecule has 0 aromatic carbocycles. The zero-order valence-corrected chi connectivity index (χ0v) is 12.8. The van der Waals surface area contributed by atoms with Gasteiger partial charge in [-0.15, -0.1) is 11.3 Å². The third-order valence-corrected chi connectivity index (χ3v) is 4.07. The van der Waals surface area contributed by atoms with Gasteiger partial charge in [0.1, 0.15) is 5.69 Å². The molecule has 0 saturated heterocycles. The summed E-state index contributed by atoms with van der Waals surface area (Å²) in [5.41, 5.74) is 7.68. The van der Waals surface area contributed by atoms with Crippen LogP contribution in [0.2, 0.25) is 0 Å². The van der Waals surface area contributed by atoms with Crippen LogP contribution in [-0.2, 0) is 19.9 Å². The smallest absolute Gasteiger partial charge is 0.271 e. The van der Waals surface area contributed by atoms with Crippen molar-refractivity contribution in [2.24, 2.45) is 7.05 Å². The van der Waals surface area contributed by atoms with Crippen molar-refractivity contribution >= 4 is 22.9 Å². The van der Waals surface area contributed by atoms with Crippen LogP contribution in [-0.4, -0.2) is 21.7 Å². The van der Waals surface area contributed by atoms with Gasteiger partial charge in [0.25, 0.3) is 5.91 Å². The highest BCUT2D eigenvalue weighted by atomic mass is 32.1. The molecule has 1 amide bonds. The van der Waals surface area contributed by atoms with Crippen molar-refractivity contribution < 1.29 is 4.79 Å². The highest BCUT2D eigenvalue weighted by Gasteiger charge is 2.20. The second-order valence-corrected chi connectivity index (χ2v) is 5.88. The molecule has 0 bridgehead atoms. The number of aryl methyl sites for hydroxylation is 2. The van der Waals surface area contributed by atoms with Crippen LogP contribution in [0, 0.1) is 0 Å². The van der Waals surface area contributed by atoms with Crippen LogP contribution in [0.3, 0.4) is 0 Å². The van der Waals surface area contributed by atoms with E-state index < -0.39 is 0 Å². The lowest BCUT2D eigenvalue weighted by molar-refractivity contribution is 0.0931. The van der Waals surface area contributed by atoms with Crippen molar-refractivity contribution in [3.63, 3.8) is 0 Å². The number of hydrogen-bond acceptors (Lipinski definition) is 4. The Labute approximate surface area is 122 Å². The van der Waals surface area contributed by atoms with Gasteiger partial charge in [-0.1, -0.05) is 13.0 Å². The molecule has 5 nitrogen and oxygen atoms in total. The van der Waals surface area contributed by atoms with Crippen LogP contribution < -0.4 is 11.1 Å². The van der Waals surface area contributed by atoms with Crippen molar-refractivity contribution in [3.8, 4) is 0 Å². The zero-order chi connectivity index (χ0) is 14.7. The number of nitrogens with zero attached hydrogens (tertiary/aromatic N) is 2. The van der Waals surface area contributed by atoms with Crippen LogP contribution in [0.15, 0.2) is 17.5 Å². The molecular weight excluding hydrogens is 272 g/mol. The molecular formula is C14H20N4OS. The highest BCUT2D eigenvalue weighted by Crippen LogP contribution is 2.17. The number of nitrogens with two attached hydrogens (primary N) is 1. The van der Waals surface area contributed by atoms with E-state index in [4.69, 9.17) is 5.73 Å². The normalized spacial score (nSPS) is 12.3. The predicted octanol–water partition coefficient (Wildman–Crippen LogP) is 1.99. The Morgan fingerprint density at radius 2 is 2.35 bits per heavy atom. The van der Waals surface area contributed by atoms with E-state index in [9.17, 15) is 4.79 Å². The van der Waals surface area contributed by atoms with Crippen molar-refractivity contribution in [1.29, 1.82) is 0 Å². The molecule has 0 aliphatic rings. The topological polar surface area (TPSA) is 72.9 Å². The first-order valence-corrected chi connectivity index (χ1v) is 7.55. The van der Waals surface area contributed by atoms with Gasteiger partial charge in [0.2, 0.25) is 0 Å². The molecule has 2 heterocycles. The second kappa shape index (κ2) is 6.09. The average Bonchev–Trinajstić information content (AvgIpc) is 2.97. The minimum Gasteiger partial charge on any atom is -0.395 e. The third-order valence-electron chi connectivity index (χ3n) is 3.18. The number of amides is 1. The second-order valence-electron chi connectivity index (χ2n) is 4.84. The fraction of sp³-hybridized carbons (Fsp3) is 0.429. The van der Waals surface area contributed by atoms with E-state index in [1.54, 1.807) is 23.1 Å². The molecule has 20 heavy (non-hydrogen) atoms. The van der Waals surface area contributed by atoms with E-state index in [0.717, 1.165) is 18.5 Å². The number of nitrogens with one attached hydrogen (secondary N) is 1. The SMILES string of the molecule is CCc1nn(C)c(C(=O)NC(C)Cc2cccs2)c1N. The molecule has 0 radical (unpaired) electrons. The Morgan fingerprint density at radius 3 is 2.90 bits per heavy atom. The Bertz CT molecular complexity index is 589. The monoisotopic (exact) mass is 292 g/mol. The lowest BCUT2D eigenvalue weighted by Gasteiger charge is -2.13. The van der Waals surface area contributed by atoms with Gasteiger partial charge in [0, 0.05) is 24.4 Å². The summed E-state index contributed by atoms with van der Waals surface area (Å²) in [4.78, 5) is 13.6. The van der Waals surface area contributed by atoms with Gasteiger partial charge in [0.05, 0.1) is 11.4 Å². The van der Waals surface area contributed by atoms with E-state index in [1.807, 2.05) is 25.3 Å². The van der Waals surface area contributed by atoms with E-state index in [0.29, 0.717) is 11.4 Å². The summed E-state index contributed by atoms with van der Waals surface area (Å²) in [6.07, 6.45) is 1.54. The number of thiophene rings is 1. The third kappa shape index (κ3) is 3.01. The molecule has 0 spiro atoms. The molecule has 1 unspecified atom stereocenters. The standard InChI is InChI=1S/C14H20N4OS/c1-4-11-12(15)13(18(3)17-11)14(19)16-9(2)8-10-6-5-7-20-10/h5-7,9H,4,8,15H2,1-3H3,(H,16,19). The average molecular weight is 292 g/mol. The van der Waals surface area contributed by atoms with Crippen LogP contribution in [0.4, 0.5) is 5.69 Å². The first-order chi connectivity index (χ1) is 9.52. The van der Waals surface area contributed by atoms with Gasteiger partial charge in [-0.25, -0.2) is 0 Å². The first kappa shape index (κ1) is 14.6. The number of carbonyl (C=O) groups excluding carboxylic acids is 1. The molecule has 108 valence electrons. The fourth-order valence-electron chi connectivity index (χ4n) is 2.20. The molecule has 3 N–H and O–H groups in total. The maximum Gasteiger partial charge on any atom is 0.271 e. The number of anilines is 1. The molecule has 0 saturated carbocycles. The van der Waals surface area contributed by atoms with Crippen molar-refractivity contribution in [2.45, 2.75) is 32.7 Å². The fourth-order valence-corrected chi connectivity index (χ4v) is 3.04. The van der Waals surface area contributed by atoms with E-state index in [2.05, 4.69) is 16.5 Å². The summed E-state index contributed by atoms with van der Waals surface area (Å²) >= 11 is 1.69. The molecule has 0 fully saturated rings. The Morgan fingerprint density at radius 1 is 1.60 bits per heavy atom. The molecule has 0 aliphatic carbocycles. The van der Waals surface area contributed by atoms with Gasteiger partial charge in [-0.3, -0.25) is 9.48 Å². The van der Waals surface area contributed by atoms with Crippen molar-refractivity contribution in [3.05, 3.63) is 33.8 Å². The van der Waals surface area contributed by atoms with Gasteiger partial charge in [-0.05, 0) is 24.8 Å². The minimum absolute atomic E-state index is 0.0560. The molecule has 2 aromatic heterocycles. The van der Waals surface area contributed by atoms with E-state index in [1.165, 1.54) is 4.88 Å². The Hall–Kier alpha value is -1.82. The maximum absolute atomic E-state index is 12.3. The summed E-state index contributed by atoms with van der Waals surface area (Å²) in [5.74, 6) is -0.166. The Kier molecular flexibility index (Phi) is 4.44. The quantitative estimate of drug-likeness (QED) is 0.885. The summed E-state index contributed by atoms with van der Waals surface area (Å²) in [5, 5.41) is 9.28. The number of nitrogen functional groups attached to an aromatic ring is 1. The highest BCUT2D eigenvalue weighted by molar-refractivity contribution is 7.09. The summed E-state index contributed by atoms with van der Waals surface area (Å²) < 4.78 is 1.56. The molecule has 2 rings (SSSR count). The number of rotatable bonds is 5. The summed E-state index contributed by atoms with van der Waals surface area (Å²) in [7, 11) is 1.74. The zero-order valence-electron chi connectivity index (χ0n) is 12.0. The predicted molar refractivity (Wildman–Crippen MR) is 81.9 cm³/mol.